The predicted octanol–water partition coefficient (Wildman–Crippen LogP) is 4.61. The molecule has 0 spiro atoms. The number of benzene rings is 3. The Balaban J connectivity index is 1.32. The van der Waals surface area contributed by atoms with E-state index in [1.807, 2.05) is 40.8 Å². The maximum atomic E-state index is 13.9. The van der Waals surface area contributed by atoms with Gasteiger partial charge in [-0.3, -0.25) is 9.59 Å². The number of carbonyl (C=O) groups excluding carboxylic acids is 2. The van der Waals surface area contributed by atoms with Crippen LogP contribution in [-0.2, 0) is 16.2 Å². The monoisotopic (exact) mass is 641 g/mol. The minimum Gasteiger partial charge on any atom is -0.494 e. The van der Waals surface area contributed by atoms with Gasteiger partial charge in [-0.1, -0.05) is 12.1 Å². The first-order chi connectivity index (χ1) is 21.3. The molecule has 0 bridgehead atoms. The molecule has 0 radical (unpaired) electrons. The zero-order valence-corrected chi connectivity index (χ0v) is 25.2. The van der Waals surface area contributed by atoms with Gasteiger partial charge in [-0.2, -0.15) is 18.3 Å². The number of nitrogens with zero attached hydrogens (tertiary/aromatic N) is 4. The Morgan fingerprint density at radius 1 is 0.911 bits per heavy atom. The first-order valence-corrected chi connectivity index (χ1v) is 15.9. The van der Waals surface area contributed by atoms with Gasteiger partial charge >= 0.3 is 6.18 Å². The van der Waals surface area contributed by atoms with Crippen molar-refractivity contribution in [1.29, 1.82) is 0 Å². The van der Waals surface area contributed by atoms with Crippen molar-refractivity contribution >= 4 is 27.5 Å². The van der Waals surface area contributed by atoms with Crippen LogP contribution >= 0.6 is 0 Å². The summed E-state index contributed by atoms with van der Waals surface area (Å²) in [6.07, 6.45) is -0.658. The third-order valence-corrected chi connectivity index (χ3v) is 7.71. The van der Waals surface area contributed by atoms with Crippen LogP contribution < -0.4 is 14.4 Å². The second kappa shape index (κ2) is 12.6. The summed E-state index contributed by atoms with van der Waals surface area (Å²) < 4.78 is 73.2. The number of alkyl halides is 3. The highest BCUT2D eigenvalue weighted by atomic mass is 32.2. The van der Waals surface area contributed by atoms with E-state index in [-0.39, 0.29) is 29.9 Å². The molecular weight excluding hydrogens is 611 g/mol. The lowest BCUT2D eigenvalue weighted by atomic mass is 10.1. The Hall–Kier alpha value is -4.85. The molecule has 2 amide bonds. The van der Waals surface area contributed by atoms with Crippen LogP contribution in [0, 0.1) is 0 Å². The second-order valence-corrected chi connectivity index (χ2v) is 12.2. The molecule has 0 unspecified atom stereocenters. The molecule has 1 fully saturated rings. The van der Waals surface area contributed by atoms with Gasteiger partial charge in [0.2, 0.25) is 10.0 Å². The first-order valence-electron chi connectivity index (χ1n) is 14.0. The molecule has 0 aliphatic carbocycles. The molecule has 1 N–H and O–H groups in total. The number of sulfonamides is 1. The number of carbonyl (C=O) groups is 2. The lowest BCUT2D eigenvalue weighted by molar-refractivity contribution is -0.137. The molecular formula is C31H30F3N5O5S. The maximum Gasteiger partial charge on any atom is 0.416 e. The first kappa shape index (κ1) is 31.6. The standard InChI is InChI=1S/C31H30F3N5O5S/c1-3-44-28-6-4-5-22(17-28)24-19-35-39(20-24)27-16-23(15-25(18-27)31(32,33)34)30(41)38-13-11-37(12-14-38)26-9-7-21(8-10-26)29(40)36-45(2,42)43/h4-10,15-20H,3,11-14H2,1-2H3,(H,36,40). The van der Waals surface area contributed by atoms with E-state index in [1.54, 1.807) is 18.3 Å². The number of ether oxygens (including phenoxy) is 1. The van der Waals surface area contributed by atoms with E-state index in [2.05, 4.69) is 5.10 Å². The van der Waals surface area contributed by atoms with Crippen LogP contribution in [0.5, 0.6) is 5.75 Å². The number of hydrogen-bond donors (Lipinski definition) is 1. The molecule has 3 aromatic carbocycles. The van der Waals surface area contributed by atoms with Crippen LogP contribution in [0.25, 0.3) is 16.8 Å². The van der Waals surface area contributed by atoms with Gasteiger partial charge in [0.1, 0.15) is 5.75 Å². The molecule has 1 aliphatic rings. The van der Waals surface area contributed by atoms with E-state index >= 15 is 0 Å². The summed E-state index contributed by atoms with van der Waals surface area (Å²) in [5, 5.41) is 4.27. The van der Waals surface area contributed by atoms with Gasteiger partial charge in [-0.15, -0.1) is 0 Å². The average molecular weight is 642 g/mol. The van der Waals surface area contributed by atoms with Crippen molar-refractivity contribution in [3.8, 4) is 22.6 Å². The fourth-order valence-corrected chi connectivity index (χ4v) is 5.43. The highest BCUT2D eigenvalue weighted by molar-refractivity contribution is 7.89. The van der Waals surface area contributed by atoms with Gasteiger partial charge in [0.25, 0.3) is 11.8 Å². The van der Waals surface area contributed by atoms with Crippen molar-refractivity contribution in [1.82, 2.24) is 19.4 Å². The molecule has 2 heterocycles. The SMILES string of the molecule is CCOc1cccc(-c2cnn(-c3cc(C(=O)N4CCN(c5ccc(C(=O)NS(C)(=O)=O)cc5)CC4)cc(C(F)(F)F)c3)c2)c1. The number of amides is 2. The van der Waals surface area contributed by atoms with E-state index in [0.717, 1.165) is 29.6 Å². The summed E-state index contributed by atoms with van der Waals surface area (Å²) in [6.45, 7) is 3.66. The lowest BCUT2D eigenvalue weighted by Gasteiger charge is -2.36. The van der Waals surface area contributed by atoms with Gasteiger partial charge in [0, 0.05) is 54.8 Å². The third-order valence-electron chi connectivity index (χ3n) is 7.16. The van der Waals surface area contributed by atoms with Gasteiger partial charge in [0.05, 0.1) is 30.3 Å². The topological polar surface area (TPSA) is 114 Å². The molecule has 5 rings (SSSR count). The van der Waals surface area contributed by atoms with Gasteiger partial charge in [-0.05, 0) is 67.1 Å². The number of nitrogens with one attached hydrogen (secondary N) is 1. The Morgan fingerprint density at radius 3 is 2.27 bits per heavy atom. The Labute approximate surface area is 258 Å². The number of aromatic nitrogens is 2. The summed E-state index contributed by atoms with van der Waals surface area (Å²) in [4.78, 5) is 29.0. The number of hydrogen-bond acceptors (Lipinski definition) is 7. The molecule has 1 aromatic heterocycles. The summed E-state index contributed by atoms with van der Waals surface area (Å²) in [5.74, 6) is -0.627. The van der Waals surface area contributed by atoms with E-state index in [1.165, 1.54) is 34.0 Å². The van der Waals surface area contributed by atoms with E-state index in [9.17, 15) is 31.2 Å². The Bertz CT molecular complexity index is 1820. The summed E-state index contributed by atoms with van der Waals surface area (Å²) in [5.41, 5.74) is 1.39. The van der Waals surface area contributed by atoms with Crippen LogP contribution in [0.4, 0.5) is 18.9 Å². The molecule has 45 heavy (non-hydrogen) atoms. The molecule has 236 valence electrons. The molecule has 0 atom stereocenters. The smallest absolute Gasteiger partial charge is 0.416 e. The Morgan fingerprint density at radius 2 is 1.62 bits per heavy atom. The zero-order valence-electron chi connectivity index (χ0n) is 24.4. The molecule has 0 saturated carbocycles. The van der Waals surface area contributed by atoms with E-state index < -0.39 is 33.6 Å². The van der Waals surface area contributed by atoms with Gasteiger partial charge in [0.15, 0.2) is 0 Å². The molecule has 1 aliphatic heterocycles. The Kier molecular flexibility index (Phi) is 8.87. The van der Waals surface area contributed by atoms with Crippen LogP contribution in [0.15, 0.2) is 79.1 Å². The second-order valence-electron chi connectivity index (χ2n) is 10.4. The van der Waals surface area contributed by atoms with Crippen molar-refractivity contribution in [2.24, 2.45) is 0 Å². The van der Waals surface area contributed by atoms with E-state index in [4.69, 9.17) is 4.74 Å². The lowest BCUT2D eigenvalue weighted by Crippen LogP contribution is -2.48. The van der Waals surface area contributed by atoms with Crippen LogP contribution in [0.3, 0.4) is 0 Å². The predicted molar refractivity (Wildman–Crippen MR) is 162 cm³/mol. The van der Waals surface area contributed by atoms with Crippen LogP contribution in [0.1, 0.15) is 33.2 Å². The quantitative estimate of drug-likeness (QED) is 0.299. The van der Waals surface area contributed by atoms with Crippen molar-refractivity contribution in [2.75, 3.05) is 43.9 Å². The number of piperazine rings is 1. The zero-order chi connectivity index (χ0) is 32.4. The van der Waals surface area contributed by atoms with Crippen LogP contribution in [0.2, 0.25) is 0 Å². The summed E-state index contributed by atoms with van der Waals surface area (Å²) in [7, 11) is -3.70. The molecule has 10 nitrogen and oxygen atoms in total. The number of anilines is 1. The van der Waals surface area contributed by atoms with Gasteiger partial charge in [-0.25, -0.2) is 17.8 Å². The van der Waals surface area contributed by atoms with Crippen molar-refractivity contribution in [2.45, 2.75) is 13.1 Å². The maximum absolute atomic E-state index is 13.9. The fourth-order valence-electron chi connectivity index (χ4n) is 4.98. The summed E-state index contributed by atoms with van der Waals surface area (Å²) in [6, 6.07) is 16.8. The minimum absolute atomic E-state index is 0.0963. The van der Waals surface area contributed by atoms with Crippen molar-refractivity contribution < 1.29 is 35.9 Å². The number of halogens is 3. The van der Waals surface area contributed by atoms with Gasteiger partial charge < -0.3 is 14.5 Å². The summed E-state index contributed by atoms with van der Waals surface area (Å²) >= 11 is 0. The fraction of sp³-hybridized carbons (Fsp3) is 0.258. The van der Waals surface area contributed by atoms with Crippen LogP contribution in [-0.4, -0.2) is 74.0 Å². The molecule has 4 aromatic rings. The largest absolute Gasteiger partial charge is 0.494 e. The highest BCUT2D eigenvalue weighted by Gasteiger charge is 2.33. The average Bonchev–Trinajstić information content (AvgIpc) is 3.51. The molecule has 14 heteroatoms. The van der Waals surface area contributed by atoms with Crippen molar-refractivity contribution in [3.05, 3.63) is 95.8 Å². The number of rotatable bonds is 8. The third kappa shape index (κ3) is 7.63. The minimum atomic E-state index is -4.68. The normalized spacial score (nSPS) is 13.9. The van der Waals surface area contributed by atoms with Crippen molar-refractivity contribution in [3.63, 3.8) is 0 Å². The van der Waals surface area contributed by atoms with E-state index in [0.29, 0.717) is 31.0 Å². The highest BCUT2D eigenvalue weighted by Crippen LogP contribution is 2.33. The molecule has 1 saturated heterocycles.